The summed E-state index contributed by atoms with van der Waals surface area (Å²) in [5, 5.41) is 6.45. The van der Waals surface area contributed by atoms with E-state index in [4.69, 9.17) is 21.7 Å². The number of hydrogen-bond acceptors (Lipinski definition) is 6. The Kier molecular flexibility index (Phi) is 6.35. The Morgan fingerprint density at radius 3 is 2.52 bits per heavy atom. The van der Waals surface area contributed by atoms with Crippen molar-refractivity contribution in [2.24, 2.45) is 0 Å². The second-order valence-electron chi connectivity index (χ2n) is 5.22. The zero-order valence-corrected chi connectivity index (χ0v) is 15.1. The molecule has 1 aliphatic rings. The predicted molar refractivity (Wildman–Crippen MR) is 94.9 cm³/mol. The van der Waals surface area contributed by atoms with E-state index in [-0.39, 0.29) is 13.2 Å². The van der Waals surface area contributed by atoms with E-state index in [9.17, 15) is 9.59 Å². The van der Waals surface area contributed by atoms with Crippen LogP contribution in [0, 0.1) is 0 Å². The molecule has 2 rings (SSSR count). The number of allylic oxidation sites excluding steroid dienone is 1. The smallest absolute Gasteiger partial charge is 0.343 e. The second kappa shape index (κ2) is 8.48. The van der Waals surface area contributed by atoms with Crippen LogP contribution in [0.15, 0.2) is 35.5 Å². The molecule has 0 spiro atoms. The minimum Gasteiger partial charge on any atom is -0.482 e. The number of esters is 2. The third kappa shape index (κ3) is 4.69. The molecule has 1 aliphatic heterocycles. The largest absolute Gasteiger partial charge is 0.482 e. The zero-order chi connectivity index (χ0) is 18.4. The van der Waals surface area contributed by atoms with Crippen molar-refractivity contribution in [3.63, 3.8) is 0 Å². The van der Waals surface area contributed by atoms with Gasteiger partial charge in [0.25, 0.3) is 0 Å². The maximum atomic E-state index is 12.3. The maximum Gasteiger partial charge on any atom is 0.343 e. The predicted octanol–water partition coefficient (Wildman–Crippen LogP) is 1.59. The van der Waals surface area contributed by atoms with Crippen molar-refractivity contribution < 1.29 is 23.8 Å². The van der Waals surface area contributed by atoms with E-state index in [0.29, 0.717) is 22.1 Å². The summed E-state index contributed by atoms with van der Waals surface area (Å²) >= 11 is 5.19. The summed E-state index contributed by atoms with van der Waals surface area (Å²) in [6.07, 6.45) is 0. The standard InChI is InChI=1S/C17H20N2O5S/c1-4-23-16(21)14-10(2)18-17(25)19-15(14)11-5-7-12(8-6-11)24-9-13(20)22-3/h5-8,15H,4,9H2,1-3H3,(H2,18,19,25)/t15-/m1/s1. The highest BCUT2D eigenvalue weighted by molar-refractivity contribution is 7.80. The molecule has 7 nitrogen and oxygen atoms in total. The summed E-state index contributed by atoms with van der Waals surface area (Å²) in [7, 11) is 1.30. The van der Waals surface area contributed by atoms with Gasteiger partial charge in [-0.3, -0.25) is 0 Å². The Morgan fingerprint density at radius 1 is 1.24 bits per heavy atom. The van der Waals surface area contributed by atoms with Crippen molar-refractivity contribution in [3.05, 3.63) is 41.1 Å². The molecule has 0 aliphatic carbocycles. The molecule has 134 valence electrons. The third-order valence-electron chi connectivity index (χ3n) is 3.56. The van der Waals surface area contributed by atoms with Gasteiger partial charge in [0, 0.05) is 5.70 Å². The number of rotatable bonds is 6. The first-order valence-electron chi connectivity index (χ1n) is 7.71. The van der Waals surface area contributed by atoms with E-state index in [1.807, 2.05) is 0 Å². The van der Waals surface area contributed by atoms with Crippen LogP contribution >= 0.6 is 12.2 Å². The van der Waals surface area contributed by atoms with Crippen molar-refractivity contribution in [1.82, 2.24) is 10.6 Å². The van der Waals surface area contributed by atoms with E-state index in [0.717, 1.165) is 5.56 Å². The van der Waals surface area contributed by atoms with E-state index in [2.05, 4.69) is 15.4 Å². The lowest BCUT2D eigenvalue weighted by Gasteiger charge is -2.29. The topological polar surface area (TPSA) is 85.9 Å². The van der Waals surface area contributed by atoms with Gasteiger partial charge in [-0.2, -0.15) is 0 Å². The Morgan fingerprint density at radius 2 is 1.92 bits per heavy atom. The van der Waals surface area contributed by atoms with Crippen LogP contribution in [-0.2, 0) is 19.1 Å². The van der Waals surface area contributed by atoms with Gasteiger partial charge in [-0.05, 0) is 43.8 Å². The molecule has 0 fully saturated rings. The number of carbonyl (C=O) groups is 2. The second-order valence-corrected chi connectivity index (χ2v) is 5.63. The van der Waals surface area contributed by atoms with Gasteiger partial charge in [-0.1, -0.05) is 12.1 Å². The molecule has 0 aromatic heterocycles. The summed E-state index contributed by atoms with van der Waals surface area (Å²) in [6.45, 7) is 3.65. The van der Waals surface area contributed by atoms with Gasteiger partial charge in [-0.15, -0.1) is 0 Å². The molecule has 1 heterocycles. The van der Waals surface area contributed by atoms with E-state index in [1.54, 1.807) is 38.1 Å². The highest BCUT2D eigenvalue weighted by Gasteiger charge is 2.30. The molecule has 0 bridgehead atoms. The normalized spacial score (nSPS) is 16.6. The fourth-order valence-corrected chi connectivity index (χ4v) is 2.65. The molecule has 2 N–H and O–H groups in total. The molecule has 0 radical (unpaired) electrons. The Hall–Kier alpha value is -2.61. The van der Waals surface area contributed by atoms with Crippen LogP contribution < -0.4 is 15.4 Å². The highest BCUT2D eigenvalue weighted by Crippen LogP contribution is 2.28. The minimum atomic E-state index is -0.461. The van der Waals surface area contributed by atoms with E-state index in [1.165, 1.54) is 7.11 Å². The van der Waals surface area contributed by atoms with Gasteiger partial charge >= 0.3 is 11.9 Å². The van der Waals surface area contributed by atoms with Crippen LogP contribution in [0.5, 0.6) is 5.75 Å². The highest BCUT2D eigenvalue weighted by atomic mass is 32.1. The van der Waals surface area contributed by atoms with Crippen LogP contribution in [0.3, 0.4) is 0 Å². The van der Waals surface area contributed by atoms with Gasteiger partial charge in [0.2, 0.25) is 0 Å². The average molecular weight is 364 g/mol. The van der Waals surface area contributed by atoms with Gasteiger partial charge in [-0.25, -0.2) is 9.59 Å². The van der Waals surface area contributed by atoms with Crippen molar-refractivity contribution in [2.75, 3.05) is 20.3 Å². The number of methoxy groups -OCH3 is 1. The molecule has 1 aromatic carbocycles. The van der Waals surface area contributed by atoms with Gasteiger partial charge in [0.15, 0.2) is 11.7 Å². The molecular weight excluding hydrogens is 344 g/mol. The summed E-state index contributed by atoms with van der Waals surface area (Å²) in [6, 6.07) is 6.59. The van der Waals surface area contributed by atoms with Crippen LogP contribution in [0.4, 0.5) is 0 Å². The Bertz CT molecular complexity index is 699. The Labute approximate surface area is 151 Å². The summed E-state index contributed by atoms with van der Waals surface area (Å²) < 4.78 is 15.0. The number of benzene rings is 1. The SMILES string of the molecule is CCOC(=O)C1=C(C)NC(=S)N[C@@H]1c1ccc(OCC(=O)OC)cc1. The lowest BCUT2D eigenvalue weighted by Crippen LogP contribution is -2.45. The first-order valence-corrected chi connectivity index (χ1v) is 8.12. The van der Waals surface area contributed by atoms with Crippen LogP contribution in [0.25, 0.3) is 0 Å². The van der Waals surface area contributed by atoms with Gasteiger partial charge in [0.1, 0.15) is 5.75 Å². The van der Waals surface area contributed by atoms with E-state index < -0.39 is 18.0 Å². The molecule has 25 heavy (non-hydrogen) atoms. The summed E-state index contributed by atoms with van der Waals surface area (Å²) in [5.74, 6) is -0.347. The number of thiocarbonyl (C=S) groups is 1. The van der Waals surface area contributed by atoms with Gasteiger partial charge < -0.3 is 24.8 Å². The quantitative estimate of drug-likeness (QED) is 0.581. The molecule has 0 amide bonds. The number of hydrogen-bond donors (Lipinski definition) is 2. The molecule has 1 atom stereocenters. The summed E-state index contributed by atoms with van der Waals surface area (Å²) in [5.41, 5.74) is 1.94. The van der Waals surface area contributed by atoms with Crippen molar-refractivity contribution in [1.29, 1.82) is 0 Å². The number of ether oxygens (including phenoxy) is 3. The molecule has 0 saturated heterocycles. The fraction of sp³-hybridized carbons (Fsp3) is 0.353. The molecular formula is C17H20N2O5S. The van der Waals surface area contributed by atoms with Crippen molar-refractivity contribution >= 4 is 29.3 Å². The fourth-order valence-electron chi connectivity index (χ4n) is 2.38. The first kappa shape index (κ1) is 18.7. The number of carbonyl (C=O) groups excluding carboxylic acids is 2. The van der Waals surface area contributed by atoms with Crippen LogP contribution in [-0.4, -0.2) is 37.4 Å². The lowest BCUT2D eigenvalue weighted by molar-refractivity contribution is -0.143. The maximum absolute atomic E-state index is 12.3. The monoisotopic (exact) mass is 364 g/mol. The molecule has 1 aromatic rings. The van der Waals surface area contributed by atoms with Crippen molar-refractivity contribution in [3.8, 4) is 5.75 Å². The van der Waals surface area contributed by atoms with Crippen LogP contribution in [0.1, 0.15) is 25.5 Å². The van der Waals surface area contributed by atoms with Gasteiger partial charge in [0.05, 0.1) is 25.3 Å². The summed E-state index contributed by atoms with van der Waals surface area (Å²) in [4.78, 5) is 23.4. The Balaban J connectivity index is 2.22. The molecule has 8 heteroatoms. The zero-order valence-electron chi connectivity index (χ0n) is 14.3. The lowest BCUT2D eigenvalue weighted by atomic mass is 9.95. The molecule has 0 saturated carbocycles. The number of nitrogens with one attached hydrogen (secondary N) is 2. The third-order valence-corrected chi connectivity index (χ3v) is 3.78. The molecule has 0 unspecified atom stereocenters. The van der Waals surface area contributed by atoms with E-state index >= 15 is 0 Å². The minimum absolute atomic E-state index is 0.168. The van der Waals surface area contributed by atoms with Crippen LogP contribution in [0.2, 0.25) is 0 Å². The first-order chi connectivity index (χ1) is 12.0. The average Bonchev–Trinajstić information content (AvgIpc) is 2.59. The van der Waals surface area contributed by atoms with Crippen molar-refractivity contribution in [2.45, 2.75) is 19.9 Å².